The SMILES string of the molecule is COc1ccc(CCNS(=O)(=O)c2ccc3[nH]cc(CCN(C)C)c3c2)cc1. The van der Waals surface area contributed by atoms with Crippen LogP contribution in [0.1, 0.15) is 11.1 Å². The van der Waals surface area contributed by atoms with Crippen LogP contribution < -0.4 is 9.46 Å². The van der Waals surface area contributed by atoms with E-state index < -0.39 is 10.0 Å². The van der Waals surface area contributed by atoms with Gasteiger partial charge in [-0.15, -0.1) is 0 Å². The summed E-state index contributed by atoms with van der Waals surface area (Å²) in [6.07, 6.45) is 3.44. The van der Waals surface area contributed by atoms with Crippen LogP contribution in [-0.2, 0) is 22.9 Å². The highest BCUT2D eigenvalue weighted by molar-refractivity contribution is 7.89. The molecule has 0 bridgehead atoms. The maximum Gasteiger partial charge on any atom is 0.240 e. The molecule has 0 spiro atoms. The Bertz CT molecular complexity index is 1020. The largest absolute Gasteiger partial charge is 0.497 e. The second-order valence-corrected chi connectivity index (χ2v) is 8.84. The third-order valence-electron chi connectivity index (χ3n) is 4.74. The van der Waals surface area contributed by atoms with Gasteiger partial charge in [-0.25, -0.2) is 13.1 Å². The number of sulfonamides is 1. The molecular formula is C21H27N3O3S. The van der Waals surface area contributed by atoms with Crippen molar-refractivity contribution < 1.29 is 13.2 Å². The summed E-state index contributed by atoms with van der Waals surface area (Å²) < 4.78 is 33.3. The minimum absolute atomic E-state index is 0.292. The lowest BCUT2D eigenvalue weighted by Gasteiger charge is -2.10. The maximum atomic E-state index is 12.7. The van der Waals surface area contributed by atoms with Gasteiger partial charge in [0, 0.05) is 30.2 Å². The molecule has 6 nitrogen and oxygen atoms in total. The Hall–Kier alpha value is -2.35. The third-order valence-corrected chi connectivity index (χ3v) is 6.20. The molecule has 0 saturated heterocycles. The standard InChI is InChI=1S/C21H27N3O3S/c1-24(2)13-11-17-15-22-21-9-8-19(14-20(17)21)28(25,26)23-12-10-16-4-6-18(27-3)7-5-16/h4-9,14-15,22-23H,10-13H2,1-3H3. The van der Waals surface area contributed by atoms with Crippen LogP contribution in [0, 0.1) is 0 Å². The van der Waals surface area contributed by atoms with Crippen molar-refractivity contribution in [2.24, 2.45) is 0 Å². The monoisotopic (exact) mass is 401 g/mol. The van der Waals surface area contributed by atoms with E-state index in [-0.39, 0.29) is 0 Å². The van der Waals surface area contributed by atoms with Gasteiger partial charge in [0.25, 0.3) is 0 Å². The molecule has 1 heterocycles. The molecule has 2 aromatic carbocycles. The van der Waals surface area contributed by atoms with Crippen molar-refractivity contribution in [3.8, 4) is 5.75 Å². The number of benzene rings is 2. The van der Waals surface area contributed by atoms with Crippen molar-refractivity contribution in [2.75, 3.05) is 34.3 Å². The molecule has 0 radical (unpaired) electrons. The van der Waals surface area contributed by atoms with Gasteiger partial charge in [-0.1, -0.05) is 12.1 Å². The van der Waals surface area contributed by atoms with E-state index in [0.717, 1.165) is 40.7 Å². The van der Waals surface area contributed by atoms with Crippen LogP contribution in [0.25, 0.3) is 10.9 Å². The van der Waals surface area contributed by atoms with E-state index in [0.29, 0.717) is 17.9 Å². The Balaban J connectivity index is 1.69. The highest BCUT2D eigenvalue weighted by Crippen LogP contribution is 2.23. The number of ether oxygens (including phenoxy) is 1. The highest BCUT2D eigenvalue weighted by atomic mass is 32.2. The summed E-state index contributed by atoms with van der Waals surface area (Å²) in [5.74, 6) is 0.786. The fraction of sp³-hybridized carbons (Fsp3) is 0.333. The van der Waals surface area contributed by atoms with Crippen molar-refractivity contribution in [1.29, 1.82) is 0 Å². The van der Waals surface area contributed by atoms with Gasteiger partial charge in [0.05, 0.1) is 12.0 Å². The molecule has 2 N–H and O–H groups in total. The highest BCUT2D eigenvalue weighted by Gasteiger charge is 2.15. The van der Waals surface area contributed by atoms with Gasteiger partial charge >= 0.3 is 0 Å². The van der Waals surface area contributed by atoms with Gasteiger partial charge < -0.3 is 14.6 Å². The van der Waals surface area contributed by atoms with Crippen LogP contribution in [0.2, 0.25) is 0 Å². The minimum Gasteiger partial charge on any atom is -0.497 e. The normalized spacial score (nSPS) is 12.0. The van der Waals surface area contributed by atoms with Crippen LogP contribution in [0.4, 0.5) is 0 Å². The van der Waals surface area contributed by atoms with Crippen molar-refractivity contribution in [2.45, 2.75) is 17.7 Å². The van der Waals surface area contributed by atoms with E-state index in [1.807, 2.05) is 50.6 Å². The summed E-state index contributed by atoms with van der Waals surface area (Å²) in [7, 11) is 2.11. The number of nitrogens with zero attached hydrogens (tertiary/aromatic N) is 1. The van der Waals surface area contributed by atoms with Crippen LogP contribution in [0.15, 0.2) is 53.6 Å². The Morgan fingerprint density at radius 3 is 2.50 bits per heavy atom. The van der Waals surface area contributed by atoms with Crippen LogP contribution in [-0.4, -0.2) is 52.6 Å². The van der Waals surface area contributed by atoms with Gasteiger partial charge in [0.2, 0.25) is 10.0 Å². The van der Waals surface area contributed by atoms with E-state index in [2.05, 4.69) is 14.6 Å². The van der Waals surface area contributed by atoms with E-state index in [4.69, 9.17) is 4.74 Å². The molecule has 3 aromatic rings. The number of H-pyrrole nitrogens is 1. The zero-order valence-corrected chi connectivity index (χ0v) is 17.3. The first-order valence-electron chi connectivity index (χ1n) is 9.26. The zero-order valence-electron chi connectivity index (χ0n) is 16.5. The Kier molecular flexibility index (Phi) is 6.39. The second kappa shape index (κ2) is 8.77. The molecule has 1 aromatic heterocycles. The Morgan fingerprint density at radius 1 is 1.07 bits per heavy atom. The molecule has 3 rings (SSSR count). The van der Waals surface area contributed by atoms with Gasteiger partial charge in [-0.05, 0) is 68.4 Å². The first-order chi connectivity index (χ1) is 13.4. The van der Waals surface area contributed by atoms with Gasteiger partial charge in [-0.3, -0.25) is 0 Å². The van der Waals surface area contributed by atoms with E-state index in [1.54, 1.807) is 19.2 Å². The van der Waals surface area contributed by atoms with Crippen molar-refractivity contribution in [3.05, 3.63) is 59.8 Å². The lowest BCUT2D eigenvalue weighted by atomic mass is 10.1. The maximum absolute atomic E-state index is 12.7. The van der Waals surface area contributed by atoms with E-state index in [1.165, 1.54) is 0 Å². The molecule has 7 heteroatoms. The third kappa shape index (κ3) is 4.92. The summed E-state index contributed by atoms with van der Waals surface area (Å²) in [6, 6.07) is 12.9. The summed E-state index contributed by atoms with van der Waals surface area (Å²) >= 11 is 0. The number of fused-ring (bicyclic) bond motifs is 1. The van der Waals surface area contributed by atoms with Gasteiger partial charge in [0.1, 0.15) is 5.75 Å². The van der Waals surface area contributed by atoms with Gasteiger partial charge in [0.15, 0.2) is 0 Å². The zero-order chi connectivity index (χ0) is 20.1. The molecule has 0 atom stereocenters. The molecule has 28 heavy (non-hydrogen) atoms. The topological polar surface area (TPSA) is 74.4 Å². The van der Waals surface area contributed by atoms with Crippen molar-refractivity contribution in [3.63, 3.8) is 0 Å². The van der Waals surface area contributed by atoms with Crippen LogP contribution >= 0.6 is 0 Å². The van der Waals surface area contributed by atoms with Gasteiger partial charge in [-0.2, -0.15) is 0 Å². The number of nitrogens with one attached hydrogen (secondary N) is 2. The average molecular weight is 402 g/mol. The first kappa shape index (κ1) is 20.4. The second-order valence-electron chi connectivity index (χ2n) is 7.07. The molecule has 0 amide bonds. The molecule has 0 aliphatic carbocycles. The smallest absolute Gasteiger partial charge is 0.240 e. The van der Waals surface area contributed by atoms with E-state index >= 15 is 0 Å². The summed E-state index contributed by atoms with van der Waals surface area (Å²) in [5, 5.41) is 0.958. The molecule has 0 saturated carbocycles. The predicted octanol–water partition coefficient (Wildman–Crippen LogP) is 2.80. The lowest BCUT2D eigenvalue weighted by molar-refractivity contribution is 0.414. The summed E-state index contributed by atoms with van der Waals surface area (Å²) in [5.41, 5.74) is 3.13. The predicted molar refractivity (Wildman–Crippen MR) is 112 cm³/mol. The molecule has 0 unspecified atom stereocenters. The molecular weight excluding hydrogens is 374 g/mol. The number of rotatable bonds is 9. The number of aromatic nitrogens is 1. The Morgan fingerprint density at radius 2 is 1.82 bits per heavy atom. The number of aromatic amines is 1. The average Bonchev–Trinajstić information content (AvgIpc) is 3.09. The fourth-order valence-corrected chi connectivity index (χ4v) is 4.14. The number of likely N-dealkylation sites (N-methyl/N-ethyl adjacent to an activating group) is 1. The van der Waals surface area contributed by atoms with Crippen LogP contribution in [0.3, 0.4) is 0 Å². The number of methoxy groups -OCH3 is 1. The summed E-state index contributed by atoms with van der Waals surface area (Å²) in [4.78, 5) is 5.62. The Labute approximate surface area is 166 Å². The molecule has 0 fully saturated rings. The number of hydrogen-bond acceptors (Lipinski definition) is 4. The molecule has 0 aliphatic rings. The molecule has 150 valence electrons. The lowest BCUT2D eigenvalue weighted by Crippen LogP contribution is -2.26. The van der Waals surface area contributed by atoms with E-state index in [9.17, 15) is 8.42 Å². The number of hydrogen-bond donors (Lipinski definition) is 2. The first-order valence-corrected chi connectivity index (χ1v) is 10.7. The summed E-state index contributed by atoms with van der Waals surface area (Å²) in [6.45, 7) is 1.25. The van der Waals surface area contributed by atoms with Crippen LogP contribution in [0.5, 0.6) is 5.75 Å². The quantitative estimate of drug-likeness (QED) is 0.578. The van der Waals surface area contributed by atoms with Crippen molar-refractivity contribution >= 4 is 20.9 Å². The fourth-order valence-electron chi connectivity index (χ4n) is 3.08. The van der Waals surface area contributed by atoms with Crippen molar-refractivity contribution in [1.82, 2.24) is 14.6 Å². The minimum atomic E-state index is -3.56. The molecule has 0 aliphatic heterocycles.